The van der Waals surface area contributed by atoms with Crippen LogP contribution in [0, 0.1) is 5.92 Å². The van der Waals surface area contributed by atoms with E-state index >= 15 is 0 Å². The smallest absolute Gasteiger partial charge is 0.324 e. The molecule has 15 heavy (non-hydrogen) atoms. The van der Waals surface area contributed by atoms with Crippen molar-refractivity contribution in [1.82, 2.24) is 10.2 Å². The van der Waals surface area contributed by atoms with Crippen molar-refractivity contribution in [3.8, 4) is 0 Å². The summed E-state index contributed by atoms with van der Waals surface area (Å²) in [5.41, 5.74) is 0. The van der Waals surface area contributed by atoms with Crippen LogP contribution in [0.3, 0.4) is 0 Å². The zero-order valence-electron chi connectivity index (χ0n) is 8.70. The number of halogens is 1. The Morgan fingerprint density at radius 3 is 2.87 bits per heavy atom. The van der Waals surface area contributed by atoms with E-state index in [0.29, 0.717) is 11.4 Å². The molecule has 1 saturated carbocycles. The highest BCUT2D eigenvalue weighted by Crippen LogP contribution is 2.32. The molecule has 84 valence electrons. The number of alkyl halides is 1. The molecular formula is C10H15BrN2O2. The van der Waals surface area contributed by atoms with E-state index in [1.54, 1.807) is 0 Å². The Hall–Kier alpha value is -0.580. The van der Waals surface area contributed by atoms with Crippen LogP contribution in [0.1, 0.15) is 26.2 Å². The Kier molecular flexibility index (Phi) is 3.00. The first-order chi connectivity index (χ1) is 7.13. The first-order valence-electron chi connectivity index (χ1n) is 5.39. The molecule has 0 radical (unpaired) electrons. The summed E-state index contributed by atoms with van der Waals surface area (Å²) in [4.78, 5) is 25.3. The van der Waals surface area contributed by atoms with Gasteiger partial charge >= 0.3 is 6.03 Å². The second kappa shape index (κ2) is 4.12. The highest BCUT2D eigenvalue weighted by Gasteiger charge is 2.43. The van der Waals surface area contributed by atoms with Gasteiger partial charge in [0, 0.05) is 17.4 Å². The minimum atomic E-state index is -0.225. The van der Waals surface area contributed by atoms with E-state index in [-0.39, 0.29) is 23.9 Å². The lowest BCUT2D eigenvalue weighted by atomic mass is 9.82. The molecule has 3 atom stereocenters. The van der Waals surface area contributed by atoms with Gasteiger partial charge < -0.3 is 5.32 Å². The maximum atomic E-state index is 12.0. The fourth-order valence-electron chi connectivity index (χ4n) is 2.40. The fourth-order valence-corrected chi connectivity index (χ4v) is 3.07. The number of nitrogens with zero attached hydrogens (tertiary/aromatic N) is 1. The van der Waals surface area contributed by atoms with Gasteiger partial charge in [-0.2, -0.15) is 0 Å². The maximum absolute atomic E-state index is 12.0. The average molecular weight is 275 g/mol. The monoisotopic (exact) mass is 274 g/mol. The zero-order chi connectivity index (χ0) is 11.0. The predicted molar refractivity (Wildman–Crippen MR) is 59.8 cm³/mol. The molecule has 0 aromatic heterocycles. The lowest BCUT2D eigenvalue weighted by Crippen LogP contribution is -2.61. The van der Waals surface area contributed by atoms with Crippen LogP contribution in [0.2, 0.25) is 0 Å². The van der Waals surface area contributed by atoms with Gasteiger partial charge in [0.1, 0.15) is 0 Å². The molecule has 0 spiro atoms. The largest absolute Gasteiger partial charge is 0.334 e. The summed E-state index contributed by atoms with van der Waals surface area (Å²) in [5.74, 6) is -0.0313. The second-order valence-electron chi connectivity index (χ2n) is 4.16. The van der Waals surface area contributed by atoms with Crippen LogP contribution in [0.4, 0.5) is 4.79 Å². The number of imide groups is 1. The summed E-state index contributed by atoms with van der Waals surface area (Å²) in [5, 5.41) is 2.92. The van der Waals surface area contributed by atoms with E-state index in [4.69, 9.17) is 0 Å². The van der Waals surface area contributed by atoms with Gasteiger partial charge in [0.15, 0.2) is 0 Å². The molecule has 5 heteroatoms. The Bertz CT molecular complexity index is 295. The van der Waals surface area contributed by atoms with E-state index in [1.807, 2.05) is 6.92 Å². The van der Waals surface area contributed by atoms with Crippen LogP contribution in [-0.4, -0.2) is 34.3 Å². The first kappa shape index (κ1) is 10.9. The highest BCUT2D eigenvalue weighted by atomic mass is 79.9. The molecule has 0 bridgehead atoms. The molecule has 0 aromatic carbocycles. The van der Waals surface area contributed by atoms with Crippen molar-refractivity contribution in [1.29, 1.82) is 0 Å². The van der Waals surface area contributed by atoms with Gasteiger partial charge in [-0.05, 0) is 26.2 Å². The van der Waals surface area contributed by atoms with Gasteiger partial charge in [-0.1, -0.05) is 15.9 Å². The van der Waals surface area contributed by atoms with E-state index in [2.05, 4.69) is 21.2 Å². The number of hydrogen-bond acceptors (Lipinski definition) is 2. The minimum absolute atomic E-state index is 0.00426. The lowest BCUT2D eigenvalue weighted by molar-refractivity contribution is -0.136. The number of carbonyl (C=O) groups excluding carboxylic acids is 2. The molecule has 4 nitrogen and oxygen atoms in total. The van der Waals surface area contributed by atoms with Crippen LogP contribution in [0.15, 0.2) is 0 Å². The van der Waals surface area contributed by atoms with Gasteiger partial charge in [-0.15, -0.1) is 0 Å². The topological polar surface area (TPSA) is 49.4 Å². The minimum Gasteiger partial charge on any atom is -0.334 e. The molecule has 1 N–H and O–H groups in total. The lowest BCUT2D eigenvalue weighted by Gasteiger charge is -2.40. The Labute approximate surface area is 97.5 Å². The molecule has 1 saturated heterocycles. The van der Waals surface area contributed by atoms with Crippen LogP contribution >= 0.6 is 15.9 Å². The molecule has 3 unspecified atom stereocenters. The second-order valence-corrected chi connectivity index (χ2v) is 5.45. The van der Waals surface area contributed by atoms with Gasteiger partial charge in [-0.25, -0.2) is 4.79 Å². The third kappa shape index (κ3) is 1.89. The highest BCUT2D eigenvalue weighted by molar-refractivity contribution is 9.09. The van der Waals surface area contributed by atoms with E-state index in [1.165, 1.54) is 4.90 Å². The van der Waals surface area contributed by atoms with E-state index in [9.17, 15) is 9.59 Å². The Morgan fingerprint density at radius 1 is 1.47 bits per heavy atom. The zero-order valence-corrected chi connectivity index (χ0v) is 10.3. The number of urea groups is 1. The number of nitrogens with one attached hydrogen (secondary N) is 1. The summed E-state index contributed by atoms with van der Waals surface area (Å²) >= 11 is 3.55. The van der Waals surface area contributed by atoms with Gasteiger partial charge in [0.25, 0.3) is 0 Å². The Morgan fingerprint density at radius 2 is 2.20 bits per heavy atom. The molecular weight excluding hydrogens is 260 g/mol. The Balaban J connectivity index is 2.16. The van der Waals surface area contributed by atoms with Crippen molar-refractivity contribution >= 4 is 27.9 Å². The molecule has 1 aliphatic carbocycles. The van der Waals surface area contributed by atoms with Gasteiger partial charge in [0.2, 0.25) is 5.91 Å². The van der Waals surface area contributed by atoms with Crippen molar-refractivity contribution in [2.75, 3.05) is 6.54 Å². The van der Waals surface area contributed by atoms with Crippen molar-refractivity contribution in [2.24, 2.45) is 5.92 Å². The molecule has 1 heterocycles. The van der Waals surface area contributed by atoms with Crippen molar-refractivity contribution in [3.05, 3.63) is 0 Å². The van der Waals surface area contributed by atoms with Crippen LogP contribution in [-0.2, 0) is 4.79 Å². The van der Waals surface area contributed by atoms with Gasteiger partial charge in [0.05, 0.1) is 5.92 Å². The summed E-state index contributed by atoms with van der Waals surface area (Å²) in [6.45, 7) is 2.28. The van der Waals surface area contributed by atoms with Crippen LogP contribution in [0.25, 0.3) is 0 Å². The normalized spacial score (nSPS) is 36.1. The predicted octanol–water partition coefficient (Wildman–Crippen LogP) is 1.49. The number of rotatable bonds is 1. The molecule has 2 fully saturated rings. The molecule has 2 aliphatic rings. The van der Waals surface area contributed by atoms with Gasteiger partial charge in [-0.3, -0.25) is 9.69 Å². The summed E-state index contributed by atoms with van der Waals surface area (Å²) in [7, 11) is 0. The molecule has 3 amide bonds. The first-order valence-corrected chi connectivity index (χ1v) is 6.31. The van der Waals surface area contributed by atoms with E-state index in [0.717, 1.165) is 19.3 Å². The van der Waals surface area contributed by atoms with Crippen molar-refractivity contribution < 1.29 is 9.59 Å². The average Bonchev–Trinajstić information content (AvgIpc) is 2.20. The molecule has 1 aliphatic heterocycles. The molecule has 0 aromatic rings. The maximum Gasteiger partial charge on any atom is 0.324 e. The summed E-state index contributed by atoms with van der Waals surface area (Å²) in [6.07, 6.45) is 2.76. The van der Waals surface area contributed by atoms with Crippen LogP contribution in [0.5, 0.6) is 0 Å². The number of amides is 3. The van der Waals surface area contributed by atoms with Crippen molar-refractivity contribution in [2.45, 2.75) is 37.1 Å². The quantitative estimate of drug-likeness (QED) is 0.737. The number of fused-ring (bicyclic) bond motifs is 1. The number of carbonyl (C=O) groups is 2. The van der Waals surface area contributed by atoms with E-state index < -0.39 is 0 Å². The number of hydrogen-bond donors (Lipinski definition) is 1. The summed E-state index contributed by atoms with van der Waals surface area (Å²) < 4.78 is 0. The third-order valence-electron chi connectivity index (χ3n) is 3.24. The van der Waals surface area contributed by atoms with Crippen molar-refractivity contribution in [3.63, 3.8) is 0 Å². The fraction of sp³-hybridized carbons (Fsp3) is 0.800. The molecule has 2 rings (SSSR count). The summed E-state index contributed by atoms with van der Waals surface area (Å²) in [6, 6.07) is -0.168. The standard InChI is InChI=1S/C10H15BrN2O2/c1-2-13-9(14)7-5-6(11)3-4-8(7)12-10(13)15/h6-8H,2-5H2,1H3,(H,12,15). The van der Waals surface area contributed by atoms with Crippen LogP contribution < -0.4 is 5.32 Å². The third-order valence-corrected chi connectivity index (χ3v) is 4.07. The SMILES string of the molecule is CCN1C(=O)NC2CCC(Br)CC2C1=O.